The van der Waals surface area contributed by atoms with Gasteiger partial charge in [0.25, 0.3) is 0 Å². The Morgan fingerprint density at radius 1 is 0.623 bits per heavy atom. The fourth-order valence-electron chi connectivity index (χ4n) is 9.71. The second kappa shape index (κ2) is 13.3. The minimum atomic E-state index is -0.835. The van der Waals surface area contributed by atoms with E-state index in [0.717, 1.165) is 43.1 Å². The number of hydrogen-bond acceptors (Lipinski definition) is 10. The average molecular weight is 719 g/mol. The number of morpholine rings is 2. The Balaban J connectivity index is 1.07. The molecule has 5 fully saturated rings. The Bertz CT molecular complexity index is 1990. The highest BCUT2D eigenvalue weighted by molar-refractivity contribution is 6.24. The van der Waals surface area contributed by atoms with Crippen LogP contribution in [0.5, 0.6) is 11.5 Å². The summed E-state index contributed by atoms with van der Waals surface area (Å²) < 4.78 is 16.7. The average Bonchev–Trinajstić information content (AvgIpc) is 3.61. The topological polar surface area (TPSA) is 129 Å². The molecule has 0 radical (unpaired) electrons. The molecule has 4 aliphatic heterocycles. The summed E-state index contributed by atoms with van der Waals surface area (Å²) in [7, 11) is 1.51. The maximum absolute atomic E-state index is 14.6. The van der Waals surface area contributed by atoms with Crippen LogP contribution in [0.15, 0.2) is 78.4 Å². The monoisotopic (exact) mass is 718 g/mol. The number of fused-ring (bicyclic) bond motifs is 4. The van der Waals surface area contributed by atoms with Crippen molar-refractivity contribution in [1.82, 2.24) is 0 Å². The number of anilines is 4. The number of nitrogens with zero attached hydrogens (tertiary/aromatic N) is 4. The van der Waals surface area contributed by atoms with Gasteiger partial charge in [-0.15, -0.1) is 0 Å². The fraction of sp³-hybridized carbons (Fsp3) is 0.415. The molecule has 3 aromatic carbocycles. The van der Waals surface area contributed by atoms with Gasteiger partial charge in [-0.25, -0.2) is 0 Å². The summed E-state index contributed by atoms with van der Waals surface area (Å²) in [6.45, 7) is 5.61. The Morgan fingerprint density at radius 3 is 1.68 bits per heavy atom. The molecule has 0 unspecified atom stereocenters. The third-order valence-corrected chi connectivity index (χ3v) is 12.2. The zero-order valence-corrected chi connectivity index (χ0v) is 29.6. The van der Waals surface area contributed by atoms with Crippen LogP contribution >= 0.6 is 0 Å². The number of allylic oxidation sites excluding steroid dienone is 2. The SMILES string of the molecule is COc1cccc(O)c1[C@H]1C2=CC[C@@H]3C(=O)N(c4ccc(N5CCOCC5)cc4)C(=O)[C@@H]3[C@@H]2C[C@H]2C(=O)N(c3ccc(N4CCOCC4)cc3)C(=O)[C@@H]12. The van der Waals surface area contributed by atoms with Crippen LogP contribution < -0.4 is 24.3 Å². The predicted molar refractivity (Wildman–Crippen MR) is 196 cm³/mol. The Kier molecular flexibility index (Phi) is 8.46. The molecule has 12 nitrogen and oxygen atoms in total. The maximum atomic E-state index is 14.6. The largest absolute Gasteiger partial charge is 0.508 e. The molecule has 53 heavy (non-hydrogen) atoms. The van der Waals surface area contributed by atoms with E-state index in [2.05, 4.69) is 9.80 Å². The van der Waals surface area contributed by atoms with Crippen LogP contribution in [0.1, 0.15) is 24.3 Å². The minimum absolute atomic E-state index is 0.0545. The van der Waals surface area contributed by atoms with Gasteiger partial charge >= 0.3 is 0 Å². The first-order valence-corrected chi connectivity index (χ1v) is 18.5. The van der Waals surface area contributed by atoms with Gasteiger partial charge < -0.3 is 29.1 Å². The molecule has 4 saturated heterocycles. The second-order valence-electron chi connectivity index (χ2n) is 14.7. The lowest BCUT2D eigenvalue weighted by Crippen LogP contribution is -2.43. The molecule has 4 heterocycles. The van der Waals surface area contributed by atoms with Gasteiger partial charge in [0, 0.05) is 49.0 Å². The summed E-state index contributed by atoms with van der Waals surface area (Å²) in [5.41, 5.74) is 4.18. The normalized spacial score (nSPS) is 28.5. The summed E-state index contributed by atoms with van der Waals surface area (Å²) in [5.74, 6) is -5.09. The van der Waals surface area contributed by atoms with Gasteiger partial charge in [0.05, 0.1) is 68.6 Å². The number of ether oxygens (including phenoxy) is 3. The van der Waals surface area contributed by atoms with Crippen LogP contribution in [0, 0.1) is 29.6 Å². The second-order valence-corrected chi connectivity index (χ2v) is 14.7. The van der Waals surface area contributed by atoms with E-state index in [1.165, 1.54) is 16.9 Å². The lowest BCUT2D eigenvalue weighted by atomic mass is 9.57. The van der Waals surface area contributed by atoms with Crippen molar-refractivity contribution < 1.29 is 38.5 Å². The van der Waals surface area contributed by atoms with E-state index in [1.54, 1.807) is 30.3 Å². The van der Waals surface area contributed by atoms with Crippen LogP contribution in [0.4, 0.5) is 22.7 Å². The van der Waals surface area contributed by atoms with Crippen molar-refractivity contribution in [3.8, 4) is 11.5 Å². The van der Waals surface area contributed by atoms with Crippen LogP contribution in [-0.4, -0.2) is 88.5 Å². The van der Waals surface area contributed by atoms with Gasteiger partial charge in [0.2, 0.25) is 23.6 Å². The number of imide groups is 2. The highest BCUT2D eigenvalue weighted by Crippen LogP contribution is 2.60. The molecule has 9 rings (SSSR count). The predicted octanol–water partition coefficient (Wildman–Crippen LogP) is 4.12. The van der Waals surface area contributed by atoms with Crippen molar-refractivity contribution >= 4 is 46.4 Å². The van der Waals surface area contributed by atoms with Gasteiger partial charge in [-0.3, -0.25) is 29.0 Å². The lowest BCUT2D eigenvalue weighted by molar-refractivity contribution is -0.126. The van der Waals surface area contributed by atoms with Crippen molar-refractivity contribution in [2.45, 2.75) is 18.8 Å². The van der Waals surface area contributed by atoms with E-state index < -0.39 is 35.5 Å². The molecule has 6 atom stereocenters. The third-order valence-electron chi connectivity index (χ3n) is 12.2. The molecular formula is C41H42N4O8. The number of carbonyl (C=O) groups is 4. The summed E-state index contributed by atoms with van der Waals surface area (Å²) in [4.78, 5) is 64.7. The number of phenols is 1. The van der Waals surface area contributed by atoms with Crippen molar-refractivity contribution in [3.63, 3.8) is 0 Å². The number of hydrogen-bond donors (Lipinski definition) is 1. The molecular weight excluding hydrogens is 676 g/mol. The Morgan fingerprint density at radius 2 is 1.13 bits per heavy atom. The molecule has 1 saturated carbocycles. The number of methoxy groups -OCH3 is 1. The molecule has 3 aromatic rings. The zero-order chi connectivity index (χ0) is 36.4. The van der Waals surface area contributed by atoms with Crippen molar-refractivity contribution in [2.24, 2.45) is 29.6 Å². The molecule has 6 aliphatic rings. The highest BCUT2D eigenvalue weighted by atomic mass is 16.5. The first-order chi connectivity index (χ1) is 25.9. The Hall–Kier alpha value is -5.20. The molecule has 0 aromatic heterocycles. The quantitative estimate of drug-likeness (QED) is 0.294. The van der Waals surface area contributed by atoms with Gasteiger partial charge in [0.15, 0.2) is 0 Å². The van der Waals surface area contributed by atoms with Crippen LogP contribution in [0.2, 0.25) is 0 Å². The van der Waals surface area contributed by atoms with Gasteiger partial charge in [-0.1, -0.05) is 17.7 Å². The van der Waals surface area contributed by atoms with Crippen LogP contribution in [0.3, 0.4) is 0 Å². The first-order valence-electron chi connectivity index (χ1n) is 18.5. The summed E-state index contributed by atoms with van der Waals surface area (Å²) in [6.07, 6.45) is 2.52. The van der Waals surface area contributed by atoms with Gasteiger partial charge in [-0.2, -0.15) is 0 Å². The van der Waals surface area contributed by atoms with Crippen molar-refractivity contribution in [2.75, 3.05) is 79.3 Å². The van der Waals surface area contributed by atoms with Gasteiger partial charge in [-0.05, 0) is 79.4 Å². The molecule has 274 valence electrons. The molecule has 12 heteroatoms. The number of phenolic OH excluding ortho intramolecular Hbond substituents is 1. The van der Waals surface area contributed by atoms with E-state index >= 15 is 0 Å². The zero-order valence-electron chi connectivity index (χ0n) is 29.6. The van der Waals surface area contributed by atoms with Crippen molar-refractivity contribution in [1.29, 1.82) is 0 Å². The fourth-order valence-corrected chi connectivity index (χ4v) is 9.71. The highest BCUT2D eigenvalue weighted by Gasteiger charge is 2.63. The standard InChI is InChI=1S/C41H42N4O8/c1-51-33-4-2-3-32(46)37(33)35-28-13-14-29-34(40(49)44(38(29)47)26-9-5-24(6-10-26)42-15-19-52-20-16-42)30(28)23-31-36(35)41(50)45(39(31)48)27-11-7-25(8-12-27)43-17-21-53-22-18-43/h2-13,29-31,34-36,46H,14-23H2,1H3/t29-,30+,31+,34-,35-,36+/m0/s1. The van der Waals surface area contributed by atoms with E-state index in [0.29, 0.717) is 55.5 Å². The lowest BCUT2D eigenvalue weighted by Gasteiger charge is -2.44. The molecule has 4 amide bonds. The molecule has 0 bridgehead atoms. The third kappa shape index (κ3) is 5.41. The van der Waals surface area contributed by atoms with Crippen LogP contribution in [-0.2, 0) is 28.7 Å². The van der Waals surface area contributed by atoms with E-state index in [4.69, 9.17) is 14.2 Å². The number of amides is 4. The molecule has 2 aliphatic carbocycles. The van der Waals surface area contributed by atoms with E-state index in [-0.39, 0.29) is 35.8 Å². The summed E-state index contributed by atoms with van der Waals surface area (Å²) in [6, 6.07) is 19.9. The maximum Gasteiger partial charge on any atom is 0.238 e. The van der Waals surface area contributed by atoms with Gasteiger partial charge in [0.1, 0.15) is 11.5 Å². The van der Waals surface area contributed by atoms with E-state index in [9.17, 15) is 24.3 Å². The molecule has 1 N–H and O–H groups in total. The van der Waals surface area contributed by atoms with Crippen LogP contribution in [0.25, 0.3) is 0 Å². The smallest absolute Gasteiger partial charge is 0.238 e. The Labute approximate surface area is 307 Å². The number of rotatable bonds is 6. The first kappa shape index (κ1) is 33.6. The van der Waals surface area contributed by atoms with Crippen molar-refractivity contribution in [3.05, 3.63) is 83.9 Å². The summed E-state index contributed by atoms with van der Waals surface area (Å²) in [5, 5.41) is 11.4. The minimum Gasteiger partial charge on any atom is -0.508 e. The number of aromatic hydroxyl groups is 1. The van der Waals surface area contributed by atoms with E-state index in [1.807, 2.05) is 42.5 Å². The number of benzene rings is 3. The molecule has 0 spiro atoms. The number of carbonyl (C=O) groups excluding carboxylic acids is 4. The summed E-state index contributed by atoms with van der Waals surface area (Å²) >= 11 is 0.